The Labute approximate surface area is 116 Å². The quantitative estimate of drug-likeness (QED) is 0.862. The summed E-state index contributed by atoms with van der Waals surface area (Å²) in [6.45, 7) is 0. The molecule has 2 aromatic rings. The molecule has 0 radical (unpaired) electrons. The lowest BCUT2D eigenvalue weighted by Gasteiger charge is -2.14. The van der Waals surface area contributed by atoms with Crippen molar-refractivity contribution in [3.63, 3.8) is 0 Å². The Morgan fingerprint density at radius 3 is 1.95 bits per heavy atom. The molecule has 5 nitrogen and oxygen atoms in total. The van der Waals surface area contributed by atoms with Crippen molar-refractivity contribution in [2.75, 3.05) is 21.3 Å². The smallest absolute Gasteiger partial charge is 0.155 e. The predicted molar refractivity (Wildman–Crippen MR) is 72.1 cm³/mol. The second kappa shape index (κ2) is 5.75. The second-order valence-corrected chi connectivity index (χ2v) is 3.96. The summed E-state index contributed by atoms with van der Waals surface area (Å²) in [4.78, 5) is 8.24. The Hall–Kier alpha value is -2.01. The molecule has 0 bridgehead atoms. The lowest BCUT2D eigenvalue weighted by molar-refractivity contribution is 0.377. The first-order valence-electron chi connectivity index (χ1n) is 5.48. The van der Waals surface area contributed by atoms with E-state index in [4.69, 9.17) is 25.8 Å². The van der Waals surface area contributed by atoms with E-state index < -0.39 is 0 Å². The van der Waals surface area contributed by atoms with Gasteiger partial charge in [0.25, 0.3) is 0 Å². The number of aromatic nitrogens is 2. The standard InChI is InChI=1S/C13H13ClN2O3/c1-17-8-6-9(18-2)11(10(7-8)19-3)12-13(14)16-5-4-15-12/h4-7H,1-3H3. The van der Waals surface area contributed by atoms with Crippen LogP contribution < -0.4 is 14.2 Å². The van der Waals surface area contributed by atoms with Gasteiger partial charge >= 0.3 is 0 Å². The van der Waals surface area contributed by atoms with E-state index in [-0.39, 0.29) is 5.15 Å². The van der Waals surface area contributed by atoms with Crippen LogP contribution in [0.15, 0.2) is 24.5 Å². The van der Waals surface area contributed by atoms with Crippen molar-refractivity contribution in [1.29, 1.82) is 0 Å². The van der Waals surface area contributed by atoms with Crippen LogP contribution in [0.3, 0.4) is 0 Å². The fraction of sp³-hybridized carbons (Fsp3) is 0.231. The molecule has 0 aliphatic carbocycles. The van der Waals surface area contributed by atoms with Crippen molar-refractivity contribution in [2.45, 2.75) is 0 Å². The maximum atomic E-state index is 6.07. The summed E-state index contributed by atoms with van der Waals surface area (Å²) in [6.07, 6.45) is 3.08. The molecule has 0 N–H and O–H groups in total. The fourth-order valence-corrected chi connectivity index (χ4v) is 1.93. The monoisotopic (exact) mass is 280 g/mol. The van der Waals surface area contributed by atoms with Gasteiger partial charge in [-0.05, 0) is 0 Å². The van der Waals surface area contributed by atoms with Crippen LogP contribution >= 0.6 is 11.6 Å². The van der Waals surface area contributed by atoms with Crippen LogP contribution in [0.5, 0.6) is 17.2 Å². The van der Waals surface area contributed by atoms with Crippen LogP contribution in [-0.2, 0) is 0 Å². The molecule has 0 aliphatic heterocycles. The molecule has 6 heteroatoms. The summed E-state index contributed by atoms with van der Waals surface area (Å²) < 4.78 is 15.9. The first-order chi connectivity index (χ1) is 9.21. The Balaban J connectivity index is 2.71. The molecular weight excluding hydrogens is 268 g/mol. The third-order valence-corrected chi connectivity index (χ3v) is 2.88. The maximum Gasteiger partial charge on any atom is 0.155 e. The summed E-state index contributed by atoms with van der Waals surface area (Å²) in [6, 6.07) is 3.48. The highest BCUT2D eigenvalue weighted by Gasteiger charge is 2.19. The second-order valence-electron chi connectivity index (χ2n) is 3.60. The molecule has 0 saturated carbocycles. The van der Waals surface area contributed by atoms with E-state index in [1.807, 2.05) is 0 Å². The molecule has 0 fully saturated rings. The van der Waals surface area contributed by atoms with E-state index in [0.717, 1.165) is 0 Å². The summed E-state index contributed by atoms with van der Waals surface area (Å²) in [5.41, 5.74) is 1.14. The first-order valence-corrected chi connectivity index (χ1v) is 5.86. The van der Waals surface area contributed by atoms with Gasteiger partial charge in [-0.2, -0.15) is 0 Å². The molecule has 19 heavy (non-hydrogen) atoms. The third kappa shape index (κ3) is 2.56. The van der Waals surface area contributed by atoms with Gasteiger partial charge in [0.2, 0.25) is 0 Å². The molecule has 0 aliphatic rings. The van der Waals surface area contributed by atoms with Crippen LogP contribution in [0.25, 0.3) is 11.3 Å². The molecule has 0 spiro atoms. The van der Waals surface area contributed by atoms with Gasteiger partial charge in [0, 0.05) is 24.5 Å². The first kappa shape index (κ1) is 13.4. The minimum absolute atomic E-state index is 0.282. The van der Waals surface area contributed by atoms with Gasteiger partial charge in [-0.1, -0.05) is 11.6 Å². The Morgan fingerprint density at radius 2 is 1.47 bits per heavy atom. The summed E-state index contributed by atoms with van der Waals surface area (Å²) >= 11 is 6.07. The normalized spacial score (nSPS) is 10.1. The number of nitrogens with zero attached hydrogens (tertiary/aromatic N) is 2. The molecule has 0 saturated heterocycles. The van der Waals surface area contributed by atoms with Crippen molar-refractivity contribution in [1.82, 2.24) is 9.97 Å². The third-order valence-electron chi connectivity index (χ3n) is 2.61. The molecular formula is C13H13ClN2O3. The zero-order chi connectivity index (χ0) is 13.8. The molecule has 0 unspecified atom stereocenters. The summed E-state index contributed by atoms with van der Waals surface area (Å²) in [7, 11) is 4.69. The predicted octanol–water partition coefficient (Wildman–Crippen LogP) is 2.82. The summed E-state index contributed by atoms with van der Waals surface area (Å²) in [5.74, 6) is 1.73. The van der Waals surface area contributed by atoms with Crippen molar-refractivity contribution >= 4 is 11.6 Å². The molecule has 0 atom stereocenters. The van der Waals surface area contributed by atoms with Gasteiger partial charge in [-0.3, -0.25) is 4.98 Å². The van der Waals surface area contributed by atoms with Crippen LogP contribution in [-0.4, -0.2) is 31.3 Å². The minimum Gasteiger partial charge on any atom is -0.496 e. The average molecular weight is 281 g/mol. The zero-order valence-electron chi connectivity index (χ0n) is 10.8. The lowest BCUT2D eigenvalue weighted by Crippen LogP contribution is -1.97. The van der Waals surface area contributed by atoms with Crippen molar-refractivity contribution < 1.29 is 14.2 Å². The molecule has 1 aromatic carbocycles. The van der Waals surface area contributed by atoms with Gasteiger partial charge < -0.3 is 14.2 Å². The van der Waals surface area contributed by atoms with Crippen LogP contribution in [0.4, 0.5) is 0 Å². The van der Waals surface area contributed by atoms with E-state index in [1.165, 1.54) is 6.20 Å². The number of halogens is 1. The molecule has 2 rings (SSSR count). The Morgan fingerprint density at radius 1 is 0.895 bits per heavy atom. The Kier molecular flexibility index (Phi) is 4.06. The zero-order valence-corrected chi connectivity index (χ0v) is 11.6. The van der Waals surface area contributed by atoms with E-state index in [9.17, 15) is 0 Å². The molecule has 1 heterocycles. The number of hydrogen-bond acceptors (Lipinski definition) is 5. The summed E-state index contributed by atoms with van der Waals surface area (Å²) in [5, 5.41) is 0.282. The number of methoxy groups -OCH3 is 3. The van der Waals surface area contributed by atoms with E-state index in [2.05, 4.69) is 9.97 Å². The maximum absolute atomic E-state index is 6.07. The van der Waals surface area contributed by atoms with Crippen LogP contribution in [0.2, 0.25) is 5.15 Å². The topological polar surface area (TPSA) is 53.5 Å². The molecule has 0 amide bonds. The fourth-order valence-electron chi connectivity index (χ4n) is 1.73. The largest absolute Gasteiger partial charge is 0.496 e. The van der Waals surface area contributed by atoms with Crippen molar-refractivity contribution in [2.24, 2.45) is 0 Å². The van der Waals surface area contributed by atoms with Gasteiger partial charge in [-0.25, -0.2) is 4.98 Å². The number of benzene rings is 1. The number of hydrogen-bond donors (Lipinski definition) is 0. The highest BCUT2D eigenvalue weighted by Crippen LogP contribution is 2.42. The average Bonchev–Trinajstić information content (AvgIpc) is 2.46. The van der Waals surface area contributed by atoms with Gasteiger partial charge in [0.05, 0.1) is 26.9 Å². The van der Waals surface area contributed by atoms with Gasteiger partial charge in [0.15, 0.2) is 5.15 Å². The van der Waals surface area contributed by atoms with Gasteiger partial charge in [0.1, 0.15) is 22.9 Å². The SMILES string of the molecule is COc1cc(OC)c(-c2nccnc2Cl)c(OC)c1. The number of rotatable bonds is 4. The minimum atomic E-state index is 0.282. The van der Waals surface area contributed by atoms with Crippen LogP contribution in [0.1, 0.15) is 0 Å². The molecule has 100 valence electrons. The van der Waals surface area contributed by atoms with Crippen molar-refractivity contribution in [3.05, 3.63) is 29.7 Å². The number of ether oxygens (including phenoxy) is 3. The highest BCUT2D eigenvalue weighted by atomic mass is 35.5. The van der Waals surface area contributed by atoms with Gasteiger partial charge in [-0.15, -0.1) is 0 Å². The lowest BCUT2D eigenvalue weighted by atomic mass is 10.1. The highest BCUT2D eigenvalue weighted by molar-refractivity contribution is 6.32. The van der Waals surface area contributed by atoms with Crippen LogP contribution in [0, 0.1) is 0 Å². The van der Waals surface area contributed by atoms with Crippen molar-refractivity contribution in [3.8, 4) is 28.5 Å². The Bertz CT molecular complexity index is 565. The van der Waals surface area contributed by atoms with E-state index in [0.29, 0.717) is 28.5 Å². The van der Waals surface area contributed by atoms with E-state index in [1.54, 1.807) is 39.7 Å². The van der Waals surface area contributed by atoms with E-state index >= 15 is 0 Å². The molecule has 1 aromatic heterocycles.